The summed E-state index contributed by atoms with van der Waals surface area (Å²) >= 11 is 2.71. The van der Waals surface area contributed by atoms with E-state index < -0.39 is 17.8 Å². The second-order valence-electron chi connectivity index (χ2n) is 7.57. The van der Waals surface area contributed by atoms with E-state index >= 15 is 0 Å². The number of amides is 2. The highest BCUT2D eigenvalue weighted by molar-refractivity contribution is 8.00. The molecule has 2 aromatic rings. The first-order chi connectivity index (χ1) is 15.8. The largest absolute Gasteiger partial charge is 0.478 e. The Morgan fingerprint density at radius 2 is 2.03 bits per heavy atom. The molecule has 0 saturated carbocycles. The topological polar surface area (TPSA) is 122 Å². The number of ether oxygens (including phenoxy) is 1. The van der Waals surface area contributed by atoms with Gasteiger partial charge in [-0.25, -0.2) is 9.59 Å². The van der Waals surface area contributed by atoms with Gasteiger partial charge in [-0.3, -0.25) is 9.59 Å². The molecule has 0 spiro atoms. The van der Waals surface area contributed by atoms with E-state index in [0.717, 1.165) is 46.8 Å². The number of carbonyl (C=O) groups is 4. The van der Waals surface area contributed by atoms with Crippen molar-refractivity contribution in [2.75, 3.05) is 23.5 Å². The van der Waals surface area contributed by atoms with Gasteiger partial charge < -0.3 is 20.5 Å². The number of fused-ring (bicyclic) bond motifs is 1. The number of carboxylic acid groups (broad SMARTS) is 1. The second kappa shape index (κ2) is 11.2. The molecule has 0 fully saturated rings. The monoisotopic (exact) mass is 488 g/mol. The molecule has 2 amide bonds. The molecule has 1 aliphatic rings. The van der Waals surface area contributed by atoms with E-state index in [1.165, 1.54) is 30.2 Å². The highest BCUT2D eigenvalue weighted by atomic mass is 32.2. The fourth-order valence-electron chi connectivity index (χ4n) is 3.46. The number of hydrogen-bond donors (Lipinski definition) is 3. The first-order valence-electron chi connectivity index (χ1n) is 10.2. The zero-order chi connectivity index (χ0) is 24.0. The molecule has 1 aromatic carbocycles. The van der Waals surface area contributed by atoms with Crippen molar-refractivity contribution in [1.29, 1.82) is 0 Å². The molecule has 0 radical (unpaired) electrons. The summed E-state index contributed by atoms with van der Waals surface area (Å²) in [6, 6.07) is 6.87. The maximum atomic E-state index is 12.6. The van der Waals surface area contributed by atoms with Crippen molar-refractivity contribution in [3.05, 3.63) is 52.4 Å². The number of thioether (sulfide) groups is 1. The Labute approximate surface area is 199 Å². The molecule has 3 rings (SSSR count). The summed E-state index contributed by atoms with van der Waals surface area (Å²) in [7, 11) is 1.34. The van der Waals surface area contributed by atoms with Gasteiger partial charge in [-0.2, -0.15) is 0 Å². The Bertz CT molecular complexity index is 1110. The number of anilines is 2. The third-order valence-corrected chi connectivity index (χ3v) is 7.17. The molecule has 1 atom stereocenters. The molecule has 8 nitrogen and oxygen atoms in total. The minimum absolute atomic E-state index is 0.107. The van der Waals surface area contributed by atoms with Gasteiger partial charge in [0.05, 0.1) is 18.4 Å². The smallest absolute Gasteiger partial charge is 0.341 e. The maximum absolute atomic E-state index is 12.6. The number of benzene rings is 1. The summed E-state index contributed by atoms with van der Waals surface area (Å²) in [5, 5.41) is 14.5. The van der Waals surface area contributed by atoms with E-state index in [2.05, 4.69) is 17.6 Å². The van der Waals surface area contributed by atoms with Gasteiger partial charge in [-0.1, -0.05) is 13.0 Å². The van der Waals surface area contributed by atoms with Crippen molar-refractivity contribution < 1.29 is 29.0 Å². The van der Waals surface area contributed by atoms with Gasteiger partial charge in [0.25, 0.3) is 0 Å². The minimum atomic E-state index is -1.21. The summed E-state index contributed by atoms with van der Waals surface area (Å²) < 4.78 is 4.95. The molecule has 10 heteroatoms. The third kappa shape index (κ3) is 6.69. The number of rotatable bonds is 8. The number of hydrogen-bond acceptors (Lipinski definition) is 7. The fourth-order valence-corrected chi connectivity index (χ4v) is 5.63. The molecule has 1 heterocycles. The number of thiophene rings is 1. The SMILES string of the molecule is COC(=O)c1c(NC(=O)CSc2cccc(NC(=O)/C=C/C(=O)O)c2)sc2c1CCC(C)C2. The van der Waals surface area contributed by atoms with E-state index in [0.29, 0.717) is 22.2 Å². The van der Waals surface area contributed by atoms with Crippen LogP contribution in [0, 0.1) is 5.92 Å². The summed E-state index contributed by atoms with van der Waals surface area (Å²) in [4.78, 5) is 49.1. The lowest BCUT2D eigenvalue weighted by atomic mass is 9.88. The first kappa shape index (κ1) is 24.5. The maximum Gasteiger partial charge on any atom is 0.341 e. The summed E-state index contributed by atoms with van der Waals surface area (Å²) in [6.07, 6.45) is 4.35. The second-order valence-corrected chi connectivity index (χ2v) is 9.73. The average molecular weight is 489 g/mol. The summed E-state index contributed by atoms with van der Waals surface area (Å²) in [5.74, 6) is -1.83. The van der Waals surface area contributed by atoms with Crippen molar-refractivity contribution in [2.45, 2.75) is 31.1 Å². The summed E-state index contributed by atoms with van der Waals surface area (Å²) in [5.41, 5.74) is 1.92. The predicted molar refractivity (Wildman–Crippen MR) is 128 cm³/mol. The lowest BCUT2D eigenvalue weighted by Gasteiger charge is -2.18. The molecule has 1 aliphatic carbocycles. The van der Waals surface area contributed by atoms with Crippen molar-refractivity contribution >= 4 is 57.5 Å². The molecule has 1 aromatic heterocycles. The third-order valence-electron chi connectivity index (χ3n) is 5.00. The Hall–Kier alpha value is -3.11. The predicted octanol–water partition coefficient (Wildman–Crippen LogP) is 3.97. The number of esters is 1. The number of aliphatic carboxylic acids is 1. The van der Waals surface area contributed by atoms with Crippen LogP contribution in [0.1, 0.15) is 34.1 Å². The van der Waals surface area contributed by atoms with Crippen molar-refractivity contribution in [2.24, 2.45) is 5.92 Å². The van der Waals surface area contributed by atoms with Crippen LogP contribution in [-0.4, -0.2) is 41.7 Å². The molecule has 0 aliphatic heterocycles. The average Bonchev–Trinajstić information content (AvgIpc) is 3.12. The molecule has 0 bridgehead atoms. The van der Waals surface area contributed by atoms with Gasteiger partial charge in [-0.15, -0.1) is 23.1 Å². The van der Waals surface area contributed by atoms with Crippen LogP contribution in [-0.2, 0) is 32.0 Å². The van der Waals surface area contributed by atoms with Crippen LogP contribution < -0.4 is 10.6 Å². The number of nitrogens with one attached hydrogen (secondary N) is 2. The molecular weight excluding hydrogens is 464 g/mol. The van der Waals surface area contributed by atoms with Crippen LogP contribution in [0.2, 0.25) is 0 Å². The lowest BCUT2D eigenvalue weighted by Crippen LogP contribution is -2.17. The standard InChI is InChI=1S/C23H24N2O6S2/c1-13-6-7-16-17(10-13)33-22(21(16)23(30)31-2)25-19(27)12-32-15-5-3-4-14(11-15)24-18(26)8-9-20(28)29/h3-5,8-9,11,13H,6-7,10,12H2,1-2H3,(H,24,26)(H,25,27)(H,28,29)/b9-8+. The highest BCUT2D eigenvalue weighted by Crippen LogP contribution is 2.40. The van der Waals surface area contributed by atoms with Crippen LogP contribution in [0.5, 0.6) is 0 Å². The highest BCUT2D eigenvalue weighted by Gasteiger charge is 2.28. The summed E-state index contributed by atoms with van der Waals surface area (Å²) in [6.45, 7) is 2.17. The Kier molecular flexibility index (Phi) is 8.29. The Balaban J connectivity index is 1.64. The van der Waals surface area contributed by atoms with Crippen LogP contribution in [0.25, 0.3) is 0 Å². The molecule has 3 N–H and O–H groups in total. The van der Waals surface area contributed by atoms with E-state index in [9.17, 15) is 19.2 Å². The van der Waals surface area contributed by atoms with Gasteiger partial charge in [0.1, 0.15) is 5.00 Å². The number of carboxylic acids is 1. The minimum Gasteiger partial charge on any atom is -0.478 e. The lowest BCUT2D eigenvalue weighted by molar-refractivity contribution is -0.131. The number of methoxy groups -OCH3 is 1. The number of carbonyl (C=O) groups excluding carboxylic acids is 3. The van der Waals surface area contributed by atoms with Gasteiger partial charge >= 0.3 is 11.9 Å². The van der Waals surface area contributed by atoms with Crippen molar-refractivity contribution in [3.8, 4) is 0 Å². The van der Waals surface area contributed by atoms with Gasteiger partial charge in [0.2, 0.25) is 11.8 Å². The van der Waals surface area contributed by atoms with Gasteiger partial charge in [-0.05, 0) is 48.9 Å². The Morgan fingerprint density at radius 1 is 1.24 bits per heavy atom. The van der Waals surface area contributed by atoms with E-state index in [1.54, 1.807) is 24.3 Å². The molecule has 174 valence electrons. The quantitative estimate of drug-likeness (QED) is 0.292. The van der Waals surface area contributed by atoms with Crippen LogP contribution >= 0.6 is 23.1 Å². The zero-order valence-electron chi connectivity index (χ0n) is 18.2. The van der Waals surface area contributed by atoms with Crippen LogP contribution in [0.15, 0.2) is 41.3 Å². The van der Waals surface area contributed by atoms with E-state index in [1.807, 2.05) is 0 Å². The van der Waals surface area contributed by atoms with Crippen molar-refractivity contribution in [3.63, 3.8) is 0 Å². The zero-order valence-corrected chi connectivity index (χ0v) is 19.8. The first-order valence-corrected chi connectivity index (χ1v) is 12.0. The van der Waals surface area contributed by atoms with Gasteiger partial charge in [0, 0.05) is 27.6 Å². The van der Waals surface area contributed by atoms with Crippen LogP contribution in [0.4, 0.5) is 10.7 Å². The normalized spacial score (nSPS) is 15.0. The van der Waals surface area contributed by atoms with Gasteiger partial charge in [0.15, 0.2) is 0 Å². The van der Waals surface area contributed by atoms with Crippen LogP contribution in [0.3, 0.4) is 0 Å². The molecular formula is C23H24N2O6S2. The van der Waals surface area contributed by atoms with E-state index in [-0.39, 0.29) is 11.7 Å². The van der Waals surface area contributed by atoms with Crippen molar-refractivity contribution in [1.82, 2.24) is 0 Å². The molecule has 33 heavy (non-hydrogen) atoms. The Morgan fingerprint density at radius 3 is 2.76 bits per heavy atom. The fraction of sp³-hybridized carbons (Fsp3) is 0.304. The molecule has 0 saturated heterocycles. The van der Waals surface area contributed by atoms with E-state index in [4.69, 9.17) is 9.84 Å². The molecule has 1 unspecified atom stereocenters.